The molecule has 1 aliphatic carbocycles. The van der Waals surface area contributed by atoms with Gasteiger partial charge < -0.3 is 14.6 Å². The smallest absolute Gasteiger partial charge is 0.352 e. The molecule has 2 fully saturated rings. The number of hydrogen-bond acceptors (Lipinski definition) is 12. The van der Waals surface area contributed by atoms with Gasteiger partial charge in [0.1, 0.15) is 17.2 Å². The average molecular weight is 867 g/mol. The van der Waals surface area contributed by atoms with E-state index in [0.29, 0.717) is 5.52 Å². The Bertz CT molecular complexity index is 2850. The summed E-state index contributed by atoms with van der Waals surface area (Å²) < 4.78 is 89.2. The van der Waals surface area contributed by atoms with Crippen LogP contribution >= 0.6 is 0 Å². The highest BCUT2D eigenvalue weighted by Crippen LogP contribution is 2.39. The van der Waals surface area contributed by atoms with Crippen molar-refractivity contribution >= 4 is 65.7 Å². The summed E-state index contributed by atoms with van der Waals surface area (Å²) in [5.41, 5.74) is -2.40. The lowest BCUT2D eigenvalue weighted by Crippen LogP contribution is -2.51. The predicted octanol–water partition coefficient (Wildman–Crippen LogP) is 6.05. The van der Waals surface area contributed by atoms with E-state index in [4.69, 9.17) is 0 Å². The zero-order valence-corrected chi connectivity index (χ0v) is 32.6. The molecule has 1 aliphatic heterocycles. The van der Waals surface area contributed by atoms with Gasteiger partial charge in [0.25, 0.3) is 31.4 Å². The molecule has 1 saturated heterocycles. The van der Waals surface area contributed by atoms with Gasteiger partial charge in [0.05, 0.1) is 36.5 Å². The molecule has 1 aromatic heterocycles. The number of pyridine rings is 1. The number of piperidine rings is 1. The highest BCUT2D eigenvalue weighted by Gasteiger charge is 2.42. The maximum Gasteiger partial charge on any atom is 0.352 e. The fourth-order valence-corrected chi connectivity index (χ4v) is 9.89. The van der Waals surface area contributed by atoms with Crippen LogP contribution in [0.1, 0.15) is 42.1 Å². The molecule has 0 spiro atoms. The first kappa shape index (κ1) is 41.4. The van der Waals surface area contributed by atoms with Crippen LogP contribution in [-0.4, -0.2) is 72.3 Å². The summed E-state index contributed by atoms with van der Waals surface area (Å²) in [6, 6.07) is 11.0. The van der Waals surface area contributed by atoms with Gasteiger partial charge in [0.2, 0.25) is 5.43 Å². The molecule has 0 radical (unpaired) electrons. The minimum Gasteiger partial charge on any atom is -0.477 e. The van der Waals surface area contributed by atoms with Crippen molar-refractivity contribution in [3.8, 4) is 0 Å². The second-order valence-corrected chi connectivity index (χ2v) is 17.8. The van der Waals surface area contributed by atoms with E-state index in [2.05, 4.69) is 0 Å². The number of non-ortho nitro benzene ring substituents is 2. The molecule has 1 saturated carbocycles. The number of rotatable bonds is 12. The van der Waals surface area contributed by atoms with E-state index in [-0.39, 0.29) is 51.7 Å². The standard InChI is InChI=1S/C38H32F2N6O12S2/c39-24-1-3-26(4-2-24)44(60(57,58)30-13-9-28(10-14-30)46(53)54)38(50)43(59(55,56)29-11-7-27(8-12-29)45(51)52)21-23-15-17-41(18-16-23)35-20-34-31(19-33(35)40)36(47)32(37(48)49)22-42(34)25-5-6-25/h1-4,7-14,19-20,22-23,25H,5-6,15-18,21H2,(H,48,49). The highest BCUT2D eigenvalue weighted by atomic mass is 32.2. The van der Waals surface area contributed by atoms with Gasteiger partial charge in [-0.15, -0.1) is 0 Å². The van der Waals surface area contributed by atoms with E-state index in [0.717, 1.165) is 91.7 Å². The molecule has 4 aromatic carbocycles. The molecule has 5 aromatic rings. The Balaban J connectivity index is 1.24. The Morgan fingerprint density at radius 3 is 1.82 bits per heavy atom. The van der Waals surface area contributed by atoms with Crippen LogP contribution in [0, 0.1) is 37.8 Å². The number of urea groups is 1. The Labute approximate surface area is 338 Å². The number of aromatic nitrogens is 1. The van der Waals surface area contributed by atoms with E-state index in [1.807, 2.05) is 0 Å². The number of nitro benzene ring substituents is 2. The molecular formula is C38H32F2N6O12S2. The molecule has 2 amide bonds. The maximum atomic E-state index is 15.8. The molecule has 2 heterocycles. The number of benzene rings is 4. The van der Waals surface area contributed by atoms with Crippen molar-refractivity contribution in [1.29, 1.82) is 0 Å². The van der Waals surface area contributed by atoms with Crippen molar-refractivity contribution in [2.24, 2.45) is 5.92 Å². The van der Waals surface area contributed by atoms with Crippen LogP contribution in [0.4, 0.5) is 36.3 Å². The number of carbonyl (C=O) groups is 2. The average Bonchev–Trinajstić information content (AvgIpc) is 4.07. The number of carboxylic acid groups (broad SMARTS) is 1. The van der Waals surface area contributed by atoms with Gasteiger partial charge in [-0.3, -0.25) is 25.0 Å². The van der Waals surface area contributed by atoms with Crippen LogP contribution in [0.3, 0.4) is 0 Å². The van der Waals surface area contributed by atoms with Crippen molar-refractivity contribution in [2.75, 3.05) is 28.8 Å². The predicted molar refractivity (Wildman–Crippen MR) is 210 cm³/mol. The fourth-order valence-electron chi connectivity index (χ4n) is 7.02. The van der Waals surface area contributed by atoms with Crippen LogP contribution in [0.15, 0.2) is 106 Å². The van der Waals surface area contributed by atoms with Crippen LogP contribution in [0.25, 0.3) is 10.9 Å². The molecule has 0 atom stereocenters. The zero-order chi connectivity index (χ0) is 43.3. The quantitative estimate of drug-likeness (QED) is 0.111. The van der Waals surface area contributed by atoms with E-state index in [1.54, 1.807) is 9.47 Å². The molecule has 0 unspecified atom stereocenters. The van der Waals surface area contributed by atoms with Gasteiger partial charge in [-0.05, 0) is 92.3 Å². The van der Waals surface area contributed by atoms with Crippen molar-refractivity contribution in [2.45, 2.75) is 41.5 Å². The third-order valence-corrected chi connectivity index (χ3v) is 13.8. The first-order valence-corrected chi connectivity index (χ1v) is 21.0. The lowest BCUT2D eigenvalue weighted by atomic mass is 9.96. The van der Waals surface area contributed by atoms with Crippen LogP contribution < -0.4 is 14.6 Å². The first-order chi connectivity index (χ1) is 28.4. The van der Waals surface area contributed by atoms with Crippen molar-refractivity contribution in [3.05, 3.63) is 139 Å². The Morgan fingerprint density at radius 1 is 0.783 bits per heavy atom. The van der Waals surface area contributed by atoms with Gasteiger partial charge >= 0.3 is 12.0 Å². The van der Waals surface area contributed by atoms with Crippen LogP contribution in [0.5, 0.6) is 0 Å². The normalized spacial score (nSPS) is 14.8. The monoisotopic (exact) mass is 866 g/mol. The summed E-state index contributed by atoms with van der Waals surface area (Å²) in [5, 5.41) is 32.1. The molecule has 312 valence electrons. The second-order valence-electron chi connectivity index (χ2n) is 14.1. The zero-order valence-electron chi connectivity index (χ0n) is 31.0. The van der Waals surface area contributed by atoms with Crippen molar-refractivity contribution < 1.29 is 50.2 Å². The van der Waals surface area contributed by atoms with E-state index in [1.165, 1.54) is 12.3 Å². The number of fused-ring (bicyclic) bond motifs is 1. The van der Waals surface area contributed by atoms with Crippen LogP contribution in [0.2, 0.25) is 0 Å². The SMILES string of the molecule is O=C(O)c1cn(C2CC2)c2cc(N3CCC(CN(C(=O)N(c4ccc(F)cc4)S(=O)(=O)c4ccc([N+](=O)[O-])cc4)S(=O)(=O)c4ccc([N+](=O)[O-])cc4)CC3)c(F)cc2c1=O. The number of nitro groups is 2. The number of amides is 2. The molecular weight excluding hydrogens is 835 g/mol. The number of carboxylic acids is 1. The van der Waals surface area contributed by atoms with E-state index < -0.39 is 104 Å². The Hall–Kier alpha value is -6.81. The van der Waals surface area contributed by atoms with Gasteiger partial charge in [0, 0.05) is 61.5 Å². The summed E-state index contributed by atoms with van der Waals surface area (Å²) in [4.78, 5) is 60.9. The third kappa shape index (κ3) is 7.85. The van der Waals surface area contributed by atoms with E-state index >= 15 is 4.39 Å². The van der Waals surface area contributed by atoms with E-state index in [9.17, 15) is 60.9 Å². The molecule has 22 heteroatoms. The first-order valence-electron chi connectivity index (χ1n) is 18.1. The summed E-state index contributed by atoms with van der Waals surface area (Å²) in [6.07, 6.45) is 2.90. The summed E-state index contributed by atoms with van der Waals surface area (Å²) in [7, 11) is -10.1. The topological polar surface area (TPSA) is 241 Å². The summed E-state index contributed by atoms with van der Waals surface area (Å²) in [6.45, 7) is -0.494. The van der Waals surface area contributed by atoms with Crippen molar-refractivity contribution in [1.82, 2.24) is 8.87 Å². The number of anilines is 2. The lowest BCUT2D eigenvalue weighted by Gasteiger charge is -2.37. The molecule has 60 heavy (non-hydrogen) atoms. The fraction of sp³-hybridized carbons (Fsp3) is 0.237. The summed E-state index contributed by atoms with van der Waals surface area (Å²) in [5.74, 6) is -3.78. The van der Waals surface area contributed by atoms with Gasteiger partial charge in [0.15, 0.2) is 0 Å². The number of aromatic carboxylic acids is 1. The third-order valence-electron chi connectivity index (χ3n) is 10.3. The van der Waals surface area contributed by atoms with Gasteiger partial charge in [-0.1, -0.05) is 0 Å². The largest absolute Gasteiger partial charge is 0.477 e. The summed E-state index contributed by atoms with van der Waals surface area (Å²) >= 11 is 0. The molecule has 1 N–H and O–H groups in total. The Kier molecular flexibility index (Phi) is 10.9. The molecule has 7 rings (SSSR count). The van der Waals surface area contributed by atoms with Crippen LogP contribution in [-0.2, 0) is 20.0 Å². The second kappa shape index (κ2) is 15.7. The number of hydrogen-bond donors (Lipinski definition) is 1. The Morgan fingerprint density at radius 2 is 1.32 bits per heavy atom. The lowest BCUT2D eigenvalue weighted by molar-refractivity contribution is -0.385. The number of carbonyl (C=O) groups excluding carboxylic acids is 1. The minimum atomic E-state index is -5.10. The van der Waals surface area contributed by atoms with Gasteiger partial charge in [-0.2, -0.15) is 4.31 Å². The molecule has 2 aliphatic rings. The van der Waals surface area contributed by atoms with Gasteiger partial charge in [-0.25, -0.2) is 39.5 Å². The molecule has 18 nitrogen and oxygen atoms in total. The maximum absolute atomic E-state index is 15.8. The minimum absolute atomic E-state index is 0.0797. The van der Waals surface area contributed by atoms with Crippen molar-refractivity contribution in [3.63, 3.8) is 0 Å². The number of nitrogens with zero attached hydrogens (tertiary/aromatic N) is 6. The number of halogens is 2. The molecule has 0 bridgehead atoms. The highest BCUT2D eigenvalue weighted by molar-refractivity contribution is 7.94. The number of sulfonamides is 2.